The van der Waals surface area contributed by atoms with Crippen molar-refractivity contribution in [2.75, 3.05) is 19.8 Å². The van der Waals surface area contributed by atoms with Gasteiger partial charge in [-0.25, -0.2) is 0 Å². The Hall–Kier alpha value is -0.280. The molecule has 0 aromatic heterocycles. The van der Waals surface area contributed by atoms with Gasteiger partial charge in [0.1, 0.15) is 0 Å². The molecule has 17 heavy (non-hydrogen) atoms. The first-order chi connectivity index (χ1) is 8.25. The van der Waals surface area contributed by atoms with Crippen molar-refractivity contribution < 1.29 is 4.74 Å². The van der Waals surface area contributed by atoms with Crippen LogP contribution in [0.1, 0.15) is 18.4 Å². The summed E-state index contributed by atoms with van der Waals surface area (Å²) in [6.07, 6.45) is 2.32. The molecule has 0 bridgehead atoms. The molecule has 0 spiro atoms. The molecule has 0 saturated carbocycles. The van der Waals surface area contributed by atoms with Gasteiger partial charge in [0.25, 0.3) is 0 Å². The maximum atomic E-state index is 5.97. The number of halogens is 2. The van der Waals surface area contributed by atoms with Crippen LogP contribution in [0, 0.1) is 5.92 Å². The predicted octanol–water partition coefficient (Wildman–Crippen LogP) is 3.51. The van der Waals surface area contributed by atoms with Crippen molar-refractivity contribution in [1.82, 2.24) is 5.32 Å². The first kappa shape index (κ1) is 13.2. The van der Waals surface area contributed by atoms with Crippen molar-refractivity contribution in [1.29, 1.82) is 0 Å². The number of nitrogens with one attached hydrogen (secondary N) is 1. The minimum Gasteiger partial charge on any atom is -0.381 e. The zero-order valence-electron chi connectivity index (χ0n) is 9.72. The van der Waals surface area contributed by atoms with Gasteiger partial charge in [-0.1, -0.05) is 29.3 Å². The van der Waals surface area contributed by atoms with Crippen molar-refractivity contribution in [3.8, 4) is 0 Å². The van der Waals surface area contributed by atoms with E-state index in [1.54, 1.807) is 0 Å². The molecule has 1 N–H and O–H groups in total. The van der Waals surface area contributed by atoms with Crippen LogP contribution in [-0.4, -0.2) is 19.8 Å². The largest absolute Gasteiger partial charge is 0.381 e. The van der Waals surface area contributed by atoms with Crippen molar-refractivity contribution in [2.45, 2.75) is 19.4 Å². The number of benzene rings is 1. The molecule has 1 heterocycles. The molecule has 0 unspecified atom stereocenters. The molecule has 0 amide bonds. The monoisotopic (exact) mass is 273 g/mol. The maximum absolute atomic E-state index is 5.97. The first-order valence-electron chi connectivity index (χ1n) is 5.98. The van der Waals surface area contributed by atoms with Gasteiger partial charge in [0.2, 0.25) is 0 Å². The van der Waals surface area contributed by atoms with E-state index in [0.29, 0.717) is 10.0 Å². The van der Waals surface area contributed by atoms with Crippen molar-refractivity contribution in [3.63, 3.8) is 0 Å². The third-order valence-corrected chi connectivity index (χ3v) is 3.83. The maximum Gasteiger partial charge on any atom is 0.0595 e. The van der Waals surface area contributed by atoms with E-state index in [4.69, 9.17) is 27.9 Å². The van der Waals surface area contributed by atoms with Crippen molar-refractivity contribution in [2.24, 2.45) is 5.92 Å². The highest BCUT2D eigenvalue weighted by atomic mass is 35.5. The van der Waals surface area contributed by atoms with Gasteiger partial charge < -0.3 is 10.1 Å². The number of ether oxygens (including phenoxy) is 1. The van der Waals surface area contributed by atoms with Crippen LogP contribution < -0.4 is 5.32 Å². The number of hydrogen-bond donors (Lipinski definition) is 1. The van der Waals surface area contributed by atoms with E-state index in [2.05, 4.69) is 5.32 Å². The molecule has 2 rings (SSSR count). The Morgan fingerprint density at radius 1 is 1.18 bits per heavy atom. The molecular formula is C13H17Cl2NO. The molecule has 1 aromatic rings. The lowest BCUT2D eigenvalue weighted by molar-refractivity contribution is 0.0662. The summed E-state index contributed by atoms with van der Waals surface area (Å²) in [5.41, 5.74) is 1.17. The smallest absolute Gasteiger partial charge is 0.0595 e. The second kappa shape index (κ2) is 6.60. The lowest BCUT2D eigenvalue weighted by Crippen LogP contribution is -2.27. The summed E-state index contributed by atoms with van der Waals surface area (Å²) in [6, 6.07) is 5.77. The molecule has 1 fully saturated rings. The summed E-state index contributed by atoms with van der Waals surface area (Å²) in [4.78, 5) is 0. The SMILES string of the molecule is Clc1ccc(CNCC2CCOCC2)cc1Cl. The van der Waals surface area contributed by atoms with Gasteiger partial charge in [0, 0.05) is 19.8 Å². The summed E-state index contributed by atoms with van der Waals surface area (Å²) in [6.45, 7) is 3.69. The van der Waals surface area contributed by atoms with E-state index in [1.807, 2.05) is 18.2 Å². The van der Waals surface area contributed by atoms with E-state index < -0.39 is 0 Å². The van der Waals surface area contributed by atoms with Crippen LogP contribution in [0.2, 0.25) is 10.0 Å². The summed E-state index contributed by atoms with van der Waals surface area (Å²) >= 11 is 11.8. The van der Waals surface area contributed by atoms with Gasteiger partial charge in [-0.2, -0.15) is 0 Å². The minimum atomic E-state index is 0.611. The molecule has 4 heteroatoms. The molecular weight excluding hydrogens is 257 g/mol. The van der Waals surface area contributed by atoms with E-state index in [-0.39, 0.29) is 0 Å². The van der Waals surface area contributed by atoms with E-state index in [0.717, 1.165) is 45.1 Å². The third-order valence-electron chi connectivity index (χ3n) is 3.09. The molecule has 0 radical (unpaired) electrons. The highest BCUT2D eigenvalue weighted by molar-refractivity contribution is 6.42. The van der Waals surface area contributed by atoms with Gasteiger partial charge in [-0.3, -0.25) is 0 Å². The predicted molar refractivity (Wildman–Crippen MR) is 71.7 cm³/mol. The molecule has 2 nitrogen and oxygen atoms in total. The normalized spacial score (nSPS) is 17.3. The molecule has 1 aromatic carbocycles. The standard InChI is InChI=1S/C13H17Cl2NO/c14-12-2-1-11(7-13(12)15)9-16-8-10-3-5-17-6-4-10/h1-2,7,10,16H,3-6,8-9H2. The second-order valence-corrected chi connectivity index (χ2v) is 5.25. The Kier molecular flexibility index (Phi) is 5.11. The van der Waals surface area contributed by atoms with Crippen LogP contribution in [-0.2, 0) is 11.3 Å². The zero-order valence-corrected chi connectivity index (χ0v) is 11.2. The summed E-state index contributed by atoms with van der Waals surface area (Å²) in [7, 11) is 0. The highest BCUT2D eigenvalue weighted by Gasteiger charge is 2.12. The van der Waals surface area contributed by atoms with Gasteiger partial charge in [-0.15, -0.1) is 0 Å². The summed E-state index contributed by atoms with van der Waals surface area (Å²) in [5, 5.41) is 4.69. The van der Waals surface area contributed by atoms with Gasteiger partial charge in [0.05, 0.1) is 10.0 Å². The average molecular weight is 274 g/mol. The minimum absolute atomic E-state index is 0.611. The lowest BCUT2D eigenvalue weighted by atomic mass is 10.0. The molecule has 0 aliphatic carbocycles. The Labute approximate surface area is 112 Å². The Morgan fingerprint density at radius 3 is 2.65 bits per heavy atom. The molecule has 1 aliphatic rings. The van der Waals surface area contributed by atoms with E-state index >= 15 is 0 Å². The number of rotatable bonds is 4. The number of hydrogen-bond acceptors (Lipinski definition) is 2. The van der Waals surface area contributed by atoms with Crippen molar-refractivity contribution >= 4 is 23.2 Å². The summed E-state index contributed by atoms with van der Waals surface area (Å²) in [5.74, 6) is 0.742. The van der Waals surface area contributed by atoms with Gasteiger partial charge >= 0.3 is 0 Å². The summed E-state index contributed by atoms with van der Waals surface area (Å²) < 4.78 is 5.33. The Bertz CT molecular complexity index is 364. The first-order valence-corrected chi connectivity index (χ1v) is 6.73. The third kappa shape index (κ3) is 4.14. The van der Waals surface area contributed by atoms with Crippen LogP contribution in [0.15, 0.2) is 18.2 Å². The fourth-order valence-electron chi connectivity index (χ4n) is 2.02. The van der Waals surface area contributed by atoms with Crippen LogP contribution >= 0.6 is 23.2 Å². The van der Waals surface area contributed by atoms with E-state index in [1.165, 1.54) is 5.56 Å². The van der Waals surface area contributed by atoms with Crippen LogP contribution in [0.4, 0.5) is 0 Å². The van der Waals surface area contributed by atoms with Crippen molar-refractivity contribution in [3.05, 3.63) is 33.8 Å². The molecule has 1 aliphatic heterocycles. The van der Waals surface area contributed by atoms with Crippen LogP contribution in [0.5, 0.6) is 0 Å². The second-order valence-electron chi connectivity index (χ2n) is 4.44. The average Bonchev–Trinajstić information content (AvgIpc) is 2.35. The fourth-order valence-corrected chi connectivity index (χ4v) is 2.34. The van der Waals surface area contributed by atoms with Crippen LogP contribution in [0.25, 0.3) is 0 Å². The quantitative estimate of drug-likeness (QED) is 0.907. The molecule has 94 valence electrons. The van der Waals surface area contributed by atoms with E-state index in [9.17, 15) is 0 Å². The Morgan fingerprint density at radius 2 is 1.94 bits per heavy atom. The van der Waals surface area contributed by atoms with Gasteiger partial charge in [-0.05, 0) is 43.0 Å². The zero-order chi connectivity index (χ0) is 12.1. The lowest BCUT2D eigenvalue weighted by Gasteiger charge is -2.22. The van der Waals surface area contributed by atoms with Gasteiger partial charge in [0.15, 0.2) is 0 Å². The molecule has 1 saturated heterocycles. The highest BCUT2D eigenvalue weighted by Crippen LogP contribution is 2.22. The topological polar surface area (TPSA) is 21.3 Å². The molecule has 0 atom stereocenters. The van der Waals surface area contributed by atoms with Crippen LogP contribution in [0.3, 0.4) is 0 Å². The fraction of sp³-hybridized carbons (Fsp3) is 0.538. The Balaban J connectivity index is 1.75.